The largest absolute Gasteiger partial charge is 0.433 e. The van der Waals surface area contributed by atoms with Gasteiger partial charge in [0.2, 0.25) is 11.8 Å². The number of primary amides is 1. The molecule has 59 heavy (non-hydrogen) atoms. The number of amides is 3. The maximum Gasteiger partial charge on any atom is 0.433 e. The summed E-state index contributed by atoms with van der Waals surface area (Å²) >= 11 is 0. The first kappa shape index (κ1) is 38.8. The van der Waals surface area contributed by atoms with Gasteiger partial charge in [-0.2, -0.15) is 18.3 Å². The zero-order chi connectivity index (χ0) is 41.6. The summed E-state index contributed by atoms with van der Waals surface area (Å²) in [5.41, 5.74) is 5.23. The van der Waals surface area contributed by atoms with Gasteiger partial charge in [0.1, 0.15) is 17.4 Å². The Balaban J connectivity index is 0.823. The van der Waals surface area contributed by atoms with Gasteiger partial charge in [0.25, 0.3) is 11.8 Å². The zero-order valence-electron chi connectivity index (χ0n) is 32.1. The van der Waals surface area contributed by atoms with Crippen LogP contribution in [0.2, 0.25) is 0 Å². The summed E-state index contributed by atoms with van der Waals surface area (Å²) in [5.74, 6) is -4.66. The Labute approximate surface area is 333 Å². The van der Waals surface area contributed by atoms with Crippen molar-refractivity contribution in [3.05, 3.63) is 76.6 Å². The topological polar surface area (TPSA) is 153 Å². The molecule has 3 amide bonds. The average molecular weight is 820 g/mol. The third-order valence-electron chi connectivity index (χ3n) is 13.0. The average Bonchev–Trinajstić information content (AvgIpc) is 3.71. The predicted octanol–water partition coefficient (Wildman–Crippen LogP) is 5.43. The molecule has 3 aromatic heterocycles. The number of carbonyl (C=O) groups excluding carboxylic acids is 3. The molecular weight excluding hydrogens is 778 g/mol. The van der Waals surface area contributed by atoms with E-state index in [1.165, 1.54) is 15.2 Å². The number of halogens is 5. The monoisotopic (exact) mass is 819 g/mol. The van der Waals surface area contributed by atoms with Gasteiger partial charge in [-0.25, -0.2) is 18.6 Å². The van der Waals surface area contributed by atoms with Crippen LogP contribution >= 0.6 is 0 Å². The van der Waals surface area contributed by atoms with E-state index in [2.05, 4.69) is 10.3 Å². The van der Waals surface area contributed by atoms with Gasteiger partial charge in [-0.3, -0.25) is 38.4 Å². The van der Waals surface area contributed by atoms with Gasteiger partial charge in [0.05, 0.1) is 40.2 Å². The Morgan fingerprint density at radius 3 is 2.44 bits per heavy atom. The maximum atomic E-state index is 16.1. The van der Waals surface area contributed by atoms with Crippen LogP contribution in [0, 0.1) is 11.3 Å². The Morgan fingerprint density at radius 2 is 1.75 bits per heavy atom. The number of hydrogen-bond acceptors (Lipinski definition) is 8. The highest BCUT2D eigenvalue weighted by molar-refractivity contribution is 6.01. The van der Waals surface area contributed by atoms with E-state index in [0.29, 0.717) is 47.3 Å². The van der Waals surface area contributed by atoms with Gasteiger partial charge in [-0.1, -0.05) is 12.1 Å². The second-order valence-electron chi connectivity index (χ2n) is 16.7. The number of rotatable bonds is 7. The van der Waals surface area contributed by atoms with Gasteiger partial charge in [-0.15, -0.1) is 0 Å². The fourth-order valence-electron chi connectivity index (χ4n) is 9.78. The number of anilines is 1. The number of carbonyl (C=O) groups is 3. The van der Waals surface area contributed by atoms with Gasteiger partial charge in [0, 0.05) is 50.2 Å². The molecular formula is C41H42F5N9O4. The fourth-order valence-corrected chi connectivity index (χ4v) is 9.78. The number of aromatic nitrogens is 5. The Bertz CT molecular complexity index is 2580. The van der Waals surface area contributed by atoms with E-state index in [4.69, 9.17) is 10.8 Å². The first-order chi connectivity index (χ1) is 28.0. The highest BCUT2D eigenvalue weighted by Crippen LogP contribution is 2.52. The van der Waals surface area contributed by atoms with Crippen molar-refractivity contribution in [3.8, 4) is 11.1 Å². The number of imide groups is 1. The van der Waals surface area contributed by atoms with Crippen LogP contribution in [-0.4, -0.2) is 85.2 Å². The number of aryl methyl sites for hydroxylation is 1. The highest BCUT2D eigenvalue weighted by Gasteiger charge is 2.62. The number of alkyl halides is 5. The molecule has 2 aromatic carbocycles. The Hall–Kier alpha value is -5.65. The fraction of sp³-hybridized carbons (Fsp3) is 0.463. The van der Waals surface area contributed by atoms with Crippen LogP contribution in [0.4, 0.5) is 27.6 Å². The van der Waals surface area contributed by atoms with Crippen LogP contribution in [0.5, 0.6) is 0 Å². The number of para-hydroxylation sites is 1. The van der Waals surface area contributed by atoms with E-state index in [1.807, 2.05) is 26.7 Å². The summed E-state index contributed by atoms with van der Waals surface area (Å²) in [6, 6.07) is 11.7. The number of imidazole rings is 1. The number of nitrogens with two attached hydrogens (primary N) is 1. The minimum absolute atomic E-state index is 0.0907. The summed E-state index contributed by atoms with van der Waals surface area (Å²) < 4.78 is 76.8. The number of piperidine rings is 2. The van der Waals surface area contributed by atoms with Gasteiger partial charge in [-0.05, 0) is 92.9 Å². The molecule has 5 aromatic rings. The highest BCUT2D eigenvalue weighted by atomic mass is 19.4. The molecule has 6 heterocycles. The third-order valence-corrected chi connectivity index (χ3v) is 13.0. The smallest absolute Gasteiger partial charge is 0.368 e. The van der Waals surface area contributed by atoms with Crippen LogP contribution in [0.15, 0.2) is 59.5 Å². The van der Waals surface area contributed by atoms with Crippen molar-refractivity contribution in [2.75, 3.05) is 37.6 Å². The van der Waals surface area contributed by atoms with Crippen molar-refractivity contribution in [3.63, 3.8) is 0 Å². The molecule has 9 rings (SSSR count). The lowest BCUT2D eigenvalue weighted by Gasteiger charge is -2.58. The summed E-state index contributed by atoms with van der Waals surface area (Å²) in [5, 5.41) is 7.80. The van der Waals surface area contributed by atoms with Crippen molar-refractivity contribution in [2.45, 2.75) is 69.1 Å². The van der Waals surface area contributed by atoms with Crippen LogP contribution in [-0.2, 0) is 22.8 Å². The second kappa shape index (κ2) is 14.0. The minimum Gasteiger partial charge on any atom is -0.368 e. The Kier molecular flexibility index (Phi) is 9.21. The van der Waals surface area contributed by atoms with Crippen molar-refractivity contribution in [1.82, 2.24) is 34.1 Å². The lowest BCUT2D eigenvalue weighted by atomic mass is 9.68. The van der Waals surface area contributed by atoms with Crippen molar-refractivity contribution in [2.24, 2.45) is 24.1 Å². The lowest BCUT2D eigenvalue weighted by molar-refractivity contribution is -0.181. The quantitative estimate of drug-likeness (QED) is 0.163. The molecule has 18 heteroatoms. The molecule has 0 radical (unpaired) electrons. The van der Waals surface area contributed by atoms with E-state index in [1.54, 1.807) is 37.4 Å². The molecule has 3 aliphatic heterocycles. The summed E-state index contributed by atoms with van der Waals surface area (Å²) in [7, 11) is 1.61. The number of hydrogen-bond donors (Lipinski definition) is 2. The van der Waals surface area contributed by atoms with Crippen molar-refractivity contribution in [1.29, 1.82) is 0 Å². The van der Waals surface area contributed by atoms with Crippen LogP contribution < -0.4 is 21.6 Å². The number of fused-ring (bicyclic) bond motifs is 2. The number of benzene rings is 2. The van der Waals surface area contributed by atoms with Gasteiger partial charge in [0.15, 0.2) is 0 Å². The number of likely N-dealkylation sites (tertiary alicyclic amines) is 1. The minimum atomic E-state index is -4.73. The molecule has 310 valence electrons. The summed E-state index contributed by atoms with van der Waals surface area (Å²) in [6.45, 7) is 1.09. The molecule has 1 aliphatic carbocycles. The third kappa shape index (κ3) is 6.64. The standard InChI is InChI=1S/C41H42F5N9O4/c1-51-35-29(3-2-4-30(35)55(38(51)59)31-12-14-33(56)49-37(31)58)53-20-39(21-53)15-16-52(22-40(39,42)43)18-23-5-8-26(9-6-23)54-19-25-17-24(7-11-28(25)50-54)27-10-13-32(41(44,45)46)48-34(27)36(47)57/h2-4,7,10-11,13,17,19,23,26,31H,5-6,8-9,12,14-16,18,20-22H2,1H3,(H2,47,57)(H,49,56,58). The SMILES string of the molecule is Cn1c(=O)n(C2CCC(=O)NC2=O)c2cccc(N3CC4(CCN(CC5CCC(n6cc7cc(-c8ccc(C(F)(F)F)nc8C(N)=O)ccc7n6)CC5)CC4(F)F)C3)c21. The zero-order valence-corrected chi connectivity index (χ0v) is 32.1. The number of nitrogens with zero attached hydrogens (tertiary/aromatic N) is 7. The molecule has 4 fully saturated rings. The number of nitrogens with one attached hydrogen (secondary N) is 1. The van der Waals surface area contributed by atoms with Crippen molar-refractivity contribution < 1.29 is 36.3 Å². The van der Waals surface area contributed by atoms with E-state index >= 15 is 8.78 Å². The van der Waals surface area contributed by atoms with Crippen LogP contribution in [0.3, 0.4) is 0 Å². The van der Waals surface area contributed by atoms with Gasteiger partial charge >= 0.3 is 11.9 Å². The summed E-state index contributed by atoms with van der Waals surface area (Å²) in [6.07, 6.45) is 1.11. The molecule has 3 saturated heterocycles. The molecule has 1 atom stereocenters. The molecule has 1 spiro atoms. The van der Waals surface area contributed by atoms with Gasteiger partial charge < -0.3 is 10.6 Å². The van der Waals surface area contributed by atoms with Crippen LogP contribution in [0.1, 0.15) is 73.2 Å². The molecule has 13 nitrogen and oxygen atoms in total. The molecule has 3 N–H and O–H groups in total. The first-order valence-electron chi connectivity index (χ1n) is 19.8. The van der Waals surface area contributed by atoms with E-state index < -0.39 is 52.4 Å². The molecule has 4 aliphatic rings. The molecule has 1 unspecified atom stereocenters. The number of pyridine rings is 1. The normalized spacial score (nSPS) is 23.5. The summed E-state index contributed by atoms with van der Waals surface area (Å²) in [4.78, 5) is 57.2. The molecule has 1 saturated carbocycles. The molecule has 0 bridgehead atoms. The lowest BCUT2D eigenvalue weighted by Crippen LogP contribution is -2.70. The first-order valence-corrected chi connectivity index (χ1v) is 19.8. The second-order valence-corrected chi connectivity index (χ2v) is 16.7. The van der Waals surface area contributed by atoms with Crippen LogP contribution in [0.25, 0.3) is 33.1 Å². The maximum absolute atomic E-state index is 16.1. The van der Waals surface area contributed by atoms with E-state index in [9.17, 15) is 32.3 Å². The van der Waals surface area contributed by atoms with E-state index in [-0.39, 0.29) is 55.9 Å². The Morgan fingerprint density at radius 1 is 0.983 bits per heavy atom. The van der Waals surface area contributed by atoms with E-state index in [0.717, 1.165) is 37.1 Å². The van der Waals surface area contributed by atoms with Crippen molar-refractivity contribution >= 4 is 45.3 Å². The predicted molar refractivity (Wildman–Crippen MR) is 207 cm³/mol.